The molecule has 3 aromatic rings. The van der Waals surface area contributed by atoms with Gasteiger partial charge in [-0.15, -0.1) is 0 Å². The summed E-state index contributed by atoms with van der Waals surface area (Å²) in [5.74, 6) is 0.815. The molecule has 0 fully saturated rings. The first-order chi connectivity index (χ1) is 10.1. The largest absolute Gasteiger partial charge is 0.497 e. The predicted octanol–water partition coefficient (Wildman–Crippen LogP) is 3.76. The number of imidazole rings is 1. The molecule has 5 heteroatoms. The van der Waals surface area contributed by atoms with E-state index in [1.165, 1.54) is 0 Å². The Morgan fingerprint density at radius 1 is 1.10 bits per heavy atom. The third-order valence-electron chi connectivity index (χ3n) is 3.51. The van der Waals surface area contributed by atoms with Crippen molar-refractivity contribution in [3.63, 3.8) is 0 Å². The molecular formula is C16H17N3OS. The van der Waals surface area contributed by atoms with Crippen molar-refractivity contribution in [2.24, 2.45) is 0 Å². The number of nitrogens with one attached hydrogen (secondary N) is 1. The average molecular weight is 299 g/mol. The predicted molar refractivity (Wildman–Crippen MR) is 89.3 cm³/mol. The molecule has 1 N–H and O–H groups in total. The minimum atomic E-state index is 0.677. The van der Waals surface area contributed by atoms with Gasteiger partial charge in [-0.25, -0.2) is 0 Å². The van der Waals surface area contributed by atoms with Crippen molar-refractivity contribution < 1.29 is 4.74 Å². The molecule has 0 aliphatic carbocycles. The number of anilines is 1. The summed E-state index contributed by atoms with van der Waals surface area (Å²) in [6.45, 7) is 0. The number of hydrogen-bond donors (Lipinski definition) is 1. The highest BCUT2D eigenvalue weighted by molar-refractivity contribution is 7.71. The summed E-state index contributed by atoms with van der Waals surface area (Å²) in [6.07, 6.45) is 0. The van der Waals surface area contributed by atoms with Crippen LogP contribution in [0.1, 0.15) is 0 Å². The summed E-state index contributed by atoms with van der Waals surface area (Å²) in [5.41, 5.74) is 4.20. The monoisotopic (exact) mass is 299 g/mol. The van der Waals surface area contributed by atoms with Crippen LogP contribution in [0.25, 0.3) is 16.7 Å². The highest BCUT2D eigenvalue weighted by atomic mass is 32.1. The van der Waals surface area contributed by atoms with E-state index in [0.717, 1.165) is 28.2 Å². The van der Waals surface area contributed by atoms with Crippen molar-refractivity contribution in [3.8, 4) is 11.4 Å². The second kappa shape index (κ2) is 5.26. The smallest absolute Gasteiger partial charge is 0.182 e. The van der Waals surface area contributed by atoms with Gasteiger partial charge in [0.05, 0.1) is 18.1 Å². The summed E-state index contributed by atoms with van der Waals surface area (Å²) in [5, 5.41) is 0. The van der Waals surface area contributed by atoms with Crippen LogP contribution in [0, 0.1) is 4.77 Å². The van der Waals surface area contributed by atoms with Gasteiger partial charge in [0.2, 0.25) is 0 Å². The molecule has 1 aromatic heterocycles. The van der Waals surface area contributed by atoms with Gasteiger partial charge in [-0.1, -0.05) is 0 Å². The SMILES string of the molecule is COc1ccc2[nH]c(=S)n(-c3ccc(N(C)C)cc3)c2c1. The quantitative estimate of drug-likeness (QED) is 0.748. The van der Waals surface area contributed by atoms with E-state index < -0.39 is 0 Å². The average Bonchev–Trinajstić information content (AvgIpc) is 2.82. The van der Waals surface area contributed by atoms with E-state index in [0.29, 0.717) is 4.77 Å². The van der Waals surface area contributed by atoms with Crippen LogP contribution in [0.4, 0.5) is 5.69 Å². The Kier molecular flexibility index (Phi) is 3.43. The number of H-pyrrole nitrogens is 1. The van der Waals surface area contributed by atoms with Crippen LogP contribution >= 0.6 is 12.2 Å². The lowest BCUT2D eigenvalue weighted by molar-refractivity contribution is 0.415. The van der Waals surface area contributed by atoms with Gasteiger partial charge in [-0.3, -0.25) is 4.57 Å². The van der Waals surface area contributed by atoms with Gasteiger partial charge in [0.1, 0.15) is 5.75 Å². The number of benzene rings is 2. The van der Waals surface area contributed by atoms with Gasteiger partial charge in [-0.05, 0) is 48.6 Å². The van der Waals surface area contributed by atoms with Crippen LogP contribution in [-0.2, 0) is 0 Å². The zero-order valence-corrected chi connectivity index (χ0v) is 13.1. The van der Waals surface area contributed by atoms with Crippen molar-refractivity contribution >= 4 is 28.9 Å². The fraction of sp³-hybridized carbons (Fsp3) is 0.188. The first-order valence-corrected chi connectivity index (χ1v) is 7.07. The van der Waals surface area contributed by atoms with Crippen LogP contribution < -0.4 is 9.64 Å². The van der Waals surface area contributed by atoms with Gasteiger partial charge in [0, 0.05) is 31.5 Å². The number of rotatable bonds is 3. The first-order valence-electron chi connectivity index (χ1n) is 6.66. The molecular weight excluding hydrogens is 282 g/mol. The number of ether oxygens (including phenoxy) is 1. The molecule has 3 rings (SSSR count). The molecule has 0 saturated heterocycles. The van der Waals surface area contributed by atoms with E-state index in [2.05, 4.69) is 34.1 Å². The summed E-state index contributed by atoms with van der Waals surface area (Å²) >= 11 is 5.46. The lowest BCUT2D eigenvalue weighted by Crippen LogP contribution is -2.08. The highest BCUT2D eigenvalue weighted by Gasteiger charge is 2.08. The summed E-state index contributed by atoms with van der Waals surface area (Å²) < 4.78 is 8.00. The van der Waals surface area contributed by atoms with Gasteiger partial charge < -0.3 is 14.6 Å². The zero-order chi connectivity index (χ0) is 15.0. The van der Waals surface area contributed by atoms with E-state index in [-0.39, 0.29) is 0 Å². The Bertz CT molecular complexity index is 831. The Morgan fingerprint density at radius 2 is 1.81 bits per heavy atom. The molecule has 0 atom stereocenters. The van der Waals surface area contributed by atoms with Crippen LogP contribution in [-0.4, -0.2) is 30.8 Å². The molecule has 108 valence electrons. The number of aromatic amines is 1. The van der Waals surface area contributed by atoms with E-state index in [1.807, 2.05) is 36.9 Å². The summed E-state index contributed by atoms with van der Waals surface area (Å²) in [4.78, 5) is 5.30. The van der Waals surface area contributed by atoms with E-state index in [4.69, 9.17) is 17.0 Å². The molecule has 0 saturated carbocycles. The Hall–Kier alpha value is -2.27. The number of nitrogens with zero attached hydrogens (tertiary/aromatic N) is 2. The van der Waals surface area contributed by atoms with Gasteiger partial charge >= 0.3 is 0 Å². The van der Waals surface area contributed by atoms with E-state index in [9.17, 15) is 0 Å². The molecule has 0 spiro atoms. The molecule has 2 aromatic carbocycles. The van der Waals surface area contributed by atoms with Crippen molar-refractivity contribution in [2.45, 2.75) is 0 Å². The lowest BCUT2D eigenvalue weighted by Gasteiger charge is -2.13. The van der Waals surface area contributed by atoms with Crippen molar-refractivity contribution in [3.05, 3.63) is 47.2 Å². The van der Waals surface area contributed by atoms with Gasteiger partial charge in [0.15, 0.2) is 4.77 Å². The maximum absolute atomic E-state index is 5.46. The van der Waals surface area contributed by atoms with Crippen molar-refractivity contribution in [2.75, 3.05) is 26.1 Å². The van der Waals surface area contributed by atoms with Crippen LogP contribution in [0.15, 0.2) is 42.5 Å². The van der Waals surface area contributed by atoms with Gasteiger partial charge in [0.25, 0.3) is 0 Å². The maximum Gasteiger partial charge on any atom is 0.182 e. The maximum atomic E-state index is 5.46. The number of methoxy groups -OCH3 is 1. The molecule has 0 unspecified atom stereocenters. The number of hydrogen-bond acceptors (Lipinski definition) is 3. The Balaban J connectivity index is 2.19. The van der Waals surface area contributed by atoms with Crippen LogP contribution in [0.5, 0.6) is 5.75 Å². The number of fused-ring (bicyclic) bond motifs is 1. The fourth-order valence-corrected chi connectivity index (χ4v) is 2.68. The summed E-state index contributed by atoms with van der Waals surface area (Å²) in [6, 6.07) is 14.2. The Labute approximate surface area is 128 Å². The van der Waals surface area contributed by atoms with E-state index >= 15 is 0 Å². The molecule has 1 heterocycles. The zero-order valence-electron chi connectivity index (χ0n) is 12.3. The number of aromatic nitrogens is 2. The van der Waals surface area contributed by atoms with Crippen LogP contribution in [0.2, 0.25) is 0 Å². The minimum absolute atomic E-state index is 0.677. The summed E-state index contributed by atoms with van der Waals surface area (Å²) in [7, 11) is 5.72. The third kappa shape index (κ3) is 2.40. The third-order valence-corrected chi connectivity index (χ3v) is 3.80. The molecule has 0 radical (unpaired) electrons. The lowest BCUT2D eigenvalue weighted by atomic mass is 10.2. The standard InChI is InChI=1S/C16H17N3OS/c1-18(2)11-4-6-12(7-5-11)19-15-10-13(20-3)8-9-14(15)17-16(19)21/h4-10H,1-3H3,(H,17,21). The van der Waals surface area contributed by atoms with Crippen molar-refractivity contribution in [1.82, 2.24) is 9.55 Å². The second-order valence-corrected chi connectivity index (χ2v) is 5.45. The molecule has 0 aliphatic rings. The normalized spacial score (nSPS) is 10.8. The molecule has 0 amide bonds. The molecule has 0 aliphatic heterocycles. The minimum Gasteiger partial charge on any atom is -0.497 e. The Morgan fingerprint density at radius 3 is 2.43 bits per heavy atom. The van der Waals surface area contributed by atoms with E-state index in [1.54, 1.807) is 7.11 Å². The molecule has 4 nitrogen and oxygen atoms in total. The van der Waals surface area contributed by atoms with Crippen LogP contribution in [0.3, 0.4) is 0 Å². The molecule has 21 heavy (non-hydrogen) atoms. The van der Waals surface area contributed by atoms with Crippen molar-refractivity contribution in [1.29, 1.82) is 0 Å². The first kappa shape index (κ1) is 13.7. The topological polar surface area (TPSA) is 33.2 Å². The fourth-order valence-electron chi connectivity index (χ4n) is 2.37. The molecule has 0 bridgehead atoms. The second-order valence-electron chi connectivity index (χ2n) is 5.06. The highest BCUT2D eigenvalue weighted by Crippen LogP contribution is 2.25. The van der Waals surface area contributed by atoms with Gasteiger partial charge in [-0.2, -0.15) is 0 Å².